The number of halogens is 1. The maximum absolute atomic E-state index is 12.2. The summed E-state index contributed by atoms with van der Waals surface area (Å²) in [6.07, 6.45) is 5.19. The van der Waals surface area contributed by atoms with Crippen LogP contribution in [0.1, 0.15) is 5.56 Å². The summed E-state index contributed by atoms with van der Waals surface area (Å²) in [5.74, 6) is 0.786. The van der Waals surface area contributed by atoms with Gasteiger partial charge in [-0.05, 0) is 48.9 Å². The number of imidazole rings is 1. The number of anilines is 1. The van der Waals surface area contributed by atoms with Crippen LogP contribution < -0.4 is 10.6 Å². The van der Waals surface area contributed by atoms with E-state index in [1.165, 1.54) is 0 Å². The normalized spacial score (nSPS) is 10.8. The highest BCUT2D eigenvalue weighted by Gasteiger charge is 2.13. The van der Waals surface area contributed by atoms with Gasteiger partial charge in [0.25, 0.3) is 0 Å². The maximum atomic E-state index is 12.2. The van der Waals surface area contributed by atoms with Gasteiger partial charge < -0.3 is 15.2 Å². The average molecular weight is 407 g/mol. The molecule has 0 atom stereocenters. The van der Waals surface area contributed by atoms with E-state index in [-0.39, 0.29) is 6.03 Å². The van der Waals surface area contributed by atoms with Crippen molar-refractivity contribution in [1.29, 1.82) is 0 Å². The summed E-state index contributed by atoms with van der Waals surface area (Å²) in [6, 6.07) is 12.7. The van der Waals surface area contributed by atoms with Gasteiger partial charge in [0.1, 0.15) is 11.3 Å². The Morgan fingerprint density at radius 2 is 1.97 bits per heavy atom. The lowest BCUT2D eigenvalue weighted by Gasteiger charge is -2.11. The van der Waals surface area contributed by atoms with Crippen molar-refractivity contribution in [3.05, 3.63) is 71.6 Å². The highest BCUT2D eigenvalue weighted by molar-refractivity contribution is 6.31. The molecule has 0 saturated carbocycles. The number of fused-ring (bicyclic) bond motifs is 1. The van der Waals surface area contributed by atoms with Crippen LogP contribution in [0.4, 0.5) is 10.5 Å². The number of hydrogen-bond acceptors (Lipinski definition) is 4. The number of hydrogen-bond donors (Lipinski definition) is 2. The largest absolute Gasteiger partial charge is 0.336 e. The Balaban J connectivity index is 1.48. The van der Waals surface area contributed by atoms with Crippen LogP contribution in [0.25, 0.3) is 22.6 Å². The third-order valence-corrected chi connectivity index (χ3v) is 4.90. The first-order chi connectivity index (χ1) is 14.1. The van der Waals surface area contributed by atoms with Crippen LogP contribution in [0, 0.1) is 6.92 Å². The molecule has 4 rings (SSSR count). The fourth-order valence-corrected chi connectivity index (χ4v) is 3.20. The third kappa shape index (κ3) is 4.20. The molecule has 0 spiro atoms. The summed E-state index contributed by atoms with van der Waals surface area (Å²) in [7, 11) is 0. The van der Waals surface area contributed by atoms with E-state index in [0.29, 0.717) is 23.8 Å². The van der Waals surface area contributed by atoms with Gasteiger partial charge in [-0.25, -0.2) is 14.8 Å². The Morgan fingerprint density at radius 3 is 2.76 bits per heavy atom. The highest BCUT2D eigenvalue weighted by Crippen LogP contribution is 2.23. The topological polar surface area (TPSA) is 84.7 Å². The van der Waals surface area contributed by atoms with Crippen LogP contribution in [0.3, 0.4) is 0 Å². The second-order valence-corrected chi connectivity index (χ2v) is 6.92. The number of carbonyl (C=O) groups excluding carboxylic acids is 1. The van der Waals surface area contributed by atoms with Gasteiger partial charge in [-0.2, -0.15) is 0 Å². The molecule has 0 aliphatic carbocycles. The molecular weight excluding hydrogens is 388 g/mol. The number of aromatic nitrogens is 4. The molecule has 0 aliphatic heterocycles. The minimum atomic E-state index is -0.298. The molecule has 0 unspecified atom stereocenters. The number of amides is 2. The van der Waals surface area contributed by atoms with E-state index in [9.17, 15) is 4.79 Å². The van der Waals surface area contributed by atoms with Crippen LogP contribution in [-0.2, 0) is 6.54 Å². The lowest BCUT2D eigenvalue weighted by atomic mass is 10.2. The van der Waals surface area contributed by atoms with Gasteiger partial charge in [0.15, 0.2) is 5.65 Å². The molecule has 0 radical (unpaired) electrons. The lowest BCUT2D eigenvalue weighted by molar-refractivity contribution is 0.251. The van der Waals surface area contributed by atoms with Gasteiger partial charge in [0, 0.05) is 48.0 Å². The van der Waals surface area contributed by atoms with E-state index in [1.54, 1.807) is 24.7 Å². The van der Waals surface area contributed by atoms with Crippen LogP contribution in [0.2, 0.25) is 5.02 Å². The molecule has 29 heavy (non-hydrogen) atoms. The number of nitrogens with zero attached hydrogens (tertiary/aromatic N) is 4. The SMILES string of the molecule is Cc1ccc(NC(=O)NCCn2c(-c3ccncc3)nc3cccnc32)cc1Cl. The number of urea groups is 1. The summed E-state index contributed by atoms with van der Waals surface area (Å²) in [5, 5.41) is 6.27. The van der Waals surface area contributed by atoms with E-state index in [1.807, 2.05) is 47.9 Å². The maximum Gasteiger partial charge on any atom is 0.319 e. The predicted molar refractivity (Wildman–Crippen MR) is 114 cm³/mol. The number of rotatable bonds is 5. The highest BCUT2D eigenvalue weighted by atomic mass is 35.5. The second kappa shape index (κ2) is 8.28. The van der Waals surface area contributed by atoms with Crippen molar-refractivity contribution < 1.29 is 4.79 Å². The molecule has 3 heterocycles. The number of aryl methyl sites for hydroxylation is 1. The van der Waals surface area contributed by atoms with Crippen LogP contribution in [0.15, 0.2) is 61.1 Å². The van der Waals surface area contributed by atoms with Crippen molar-refractivity contribution in [2.45, 2.75) is 13.5 Å². The van der Waals surface area contributed by atoms with Crippen LogP contribution in [-0.4, -0.2) is 32.1 Å². The number of carbonyl (C=O) groups is 1. The van der Waals surface area contributed by atoms with Crippen molar-refractivity contribution in [2.75, 3.05) is 11.9 Å². The van der Waals surface area contributed by atoms with Gasteiger partial charge in [-0.1, -0.05) is 17.7 Å². The monoisotopic (exact) mass is 406 g/mol. The zero-order valence-corrected chi connectivity index (χ0v) is 16.5. The molecule has 0 bridgehead atoms. The Morgan fingerprint density at radius 1 is 1.14 bits per heavy atom. The van der Waals surface area contributed by atoms with Crippen molar-refractivity contribution in [1.82, 2.24) is 24.8 Å². The number of nitrogens with one attached hydrogen (secondary N) is 2. The van der Waals surface area contributed by atoms with Crippen molar-refractivity contribution in [3.8, 4) is 11.4 Å². The van der Waals surface area contributed by atoms with E-state index in [2.05, 4.69) is 20.6 Å². The van der Waals surface area contributed by atoms with Crippen molar-refractivity contribution in [3.63, 3.8) is 0 Å². The molecule has 3 aromatic heterocycles. The summed E-state index contributed by atoms with van der Waals surface area (Å²) >= 11 is 6.11. The van der Waals surface area contributed by atoms with Gasteiger partial charge >= 0.3 is 6.03 Å². The van der Waals surface area contributed by atoms with Gasteiger partial charge in [-0.15, -0.1) is 0 Å². The standard InChI is InChI=1S/C21H19ClN6O/c1-14-4-5-16(13-17(14)22)26-21(29)25-11-12-28-19(15-6-9-23-10-7-15)27-18-3-2-8-24-20(18)28/h2-10,13H,11-12H2,1H3,(H2,25,26,29). The van der Waals surface area contributed by atoms with E-state index < -0.39 is 0 Å². The third-order valence-electron chi connectivity index (χ3n) is 4.49. The molecule has 0 saturated heterocycles. The van der Waals surface area contributed by atoms with Gasteiger partial charge in [0.05, 0.1) is 0 Å². The summed E-state index contributed by atoms with van der Waals surface area (Å²) < 4.78 is 1.99. The minimum absolute atomic E-state index is 0.298. The second-order valence-electron chi connectivity index (χ2n) is 6.51. The lowest BCUT2D eigenvalue weighted by Crippen LogP contribution is -2.31. The first-order valence-electron chi connectivity index (χ1n) is 9.14. The predicted octanol–water partition coefficient (Wildman–Crippen LogP) is 4.28. The molecule has 4 aromatic rings. The van der Waals surface area contributed by atoms with E-state index in [4.69, 9.17) is 16.6 Å². The molecular formula is C21H19ClN6O. The fraction of sp³-hybridized carbons (Fsp3) is 0.143. The average Bonchev–Trinajstić information content (AvgIpc) is 3.10. The van der Waals surface area contributed by atoms with Gasteiger partial charge in [0.2, 0.25) is 0 Å². The van der Waals surface area contributed by atoms with E-state index in [0.717, 1.165) is 28.1 Å². The number of benzene rings is 1. The summed E-state index contributed by atoms with van der Waals surface area (Å²) in [5.41, 5.74) is 4.12. The molecule has 146 valence electrons. The Hall–Kier alpha value is -3.45. The van der Waals surface area contributed by atoms with Crippen LogP contribution >= 0.6 is 11.6 Å². The Kier molecular flexibility index (Phi) is 5.39. The molecule has 2 amide bonds. The first-order valence-corrected chi connectivity index (χ1v) is 9.52. The Bertz CT molecular complexity index is 1160. The summed E-state index contributed by atoms with van der Waals surface area (Å²) in [6.45, 7) is 2.84. The zero-order valence-electron chi connectivity index (χ0n) is 15.8. The minimum Gasteiger partial charge on any atom is -0.336 e. The van der Waals surface area contributed by atoms with Crippen LogP contribution in [0.5, 0.6) is 0 Å². The smallest absolute Gasteiger partial charge is 0.319 e. The first kappa shape index (κ1) is 18.9. The van der Waals surface area contributed by atoms with Crippen molar-refractivity contribution in [2.24, 2.45) is 0 Å². The quantitative estimate of drug-likeness (QED) is 0.518. The molecule has 7 nitrogen and oxygen atoms in total. The summed E-state index contributed by atoms with van der Waals surface area (Å²) in [4.78, 5) is 25.5. The molecule has 0 aliphatic rings. The fourth-order valence-electron chi connectivity index (χ4n) is 3.02. The number of pyridine rings is 2. The molecule has 2 N–H and O–H groups in total. The zero-order chi connectivity index (χ0) is 20.2. The molecule has 1 aromatic carbocycles. The van der Waals surface area contributed by atoms with E-state index >= 15 is 0 Å². The Labute approximate surface area is 172 Å². The van der Waals surface area contributed by atoms with Gasteiger partial charge in [-0.3, -0.25) is 4.98 Å². The molecule has 0 fully saturated rings. The molecule has 8 heteroatoms. The van der Waals surface area contributed by atoms with Crippen molar-refractivity contribution >= 4 is 34.5 Å².